The average molecular weight is 363 g/mol. The highest BCUT2D eigenvalue weighted by Gasteiger charge is 2.52. The van der Waals surface area contributed by atoms with Gasteiger partial charge in [0.1, 0.15) is 6.10 Å². The van der Waals surface area contributed by atoms with Crippen LogP contribution in [0.3, 0.4) is 0 Å². The number of carbonyl (C=O) groups excluding carboxylic acids is 2. The van der Waals surface area contributed by atoms with E-state index in [1.165, 1.54) is 0 Å². The van der Waals surface area contributed by atoms with Crippen molar-refractivity contribution < 1.29 is 23.8 Å². The minimum absolute atomic E-state index is 0.221. The summed E-state index contributed by atoms with van der Waals surface area (Å²) in [7, 11) is 1.63. The van der Waals surface area contributed by atoms with Gasteiger partial charge in [-0.1, -0.05) is 44.2 Å². The van der Waals surface area contributed by atoms with Crippen molar-refractivity contribution >= 4 is 11.9 Å². The number of nitrogens with one attached hydrogen (secondary N) is 1. The van der Waals surface area contributed by atoms with E-state index in [0.29, 0.717) is 5.92 Å². The molecule has 1 amide bonds. The molecule has 4 atom stereocenters. The lowest BCUT2D eigenvalue weighted by Crippen LogP contribution is -2.43. The molecule has 26 heavy (non-hydrogen) atoms. The average Bonchev–Trinajstić information content (AvgIpc) is 3.36. The Morgan fingerprint density at radius 3 is 2.31 bits per heavy atom. The Morgan fingerprint density at radius 2 is 1.77 bits per heavy atom. The predicted molar refractivity (Wildman–Crippen MR) is 97.5 cm³/mol. The van der Waals surface area contributed by atoms with Gasteiger partial charge in [-0.05, 0) is 31.7 Å². The lowest BCUT2D eigenvalue weighted by atomic mass is 9.94. The summed E-state index contributed by atoms with van der Waals surface area (Å²) in [5.74, 6) is -0.435. The lowest BCUT2D eigenvalue weighted by Gasteiger charge is -2.28. The Hall–Kier alpha value is -1.92. The van der Waals surface area contributed by atoms with E-state index in [1.54, 1.807) is 21.0 Å². The standard InChI is InChI=1S/C20H29NO5/c1-12(2)11-15(16(24-5)14-9-7-6-8-10-14)21-19(22)17-18(26-17)20(23)25-13(3)4/h6-10,12-13,15-18H,11H2,1-5H3,(H,21,22)/t15-,16+,17-,18-/m0/s1. The molecule has 2 rings (SSSR count). The summed E-state index contributed by atoms with van der Waals surface area (Å²) in [6, 6.07) is 9.55. The first-order valence-electron chi connectivity index (χ1n) is 9.07. The monoisotopic (exact) mass is 363 g/mol. The summed E-state index contributed by atoms with van der Waals surface area (Å²) in [6.07, 6.45) is -1.37. The van der Waals surface area contributed by atoms with Gasteiger partial charge in [0.05, 0.1) is 12.1 Å². The van der Waals surface area contributed by atoms with Gasteiger partial charge < -0.3 is 19.5 Å². The molecule has 0 unspecified atom stereocenters. The maximum Gasteiger partial charge on any atom is 0.338 e. The SMILES string of the molecule is CO[C@H](c1ccccc1)[C@H](CC(C)C)NC(=O)[C@H]1O[C@@H]1C(=O)OC(C)C. The number of ether oxygens (including phenoxy) is 3. The van der Waals surface area contributed by atoms with Gasteiger partial charge in [0.25, 0.3) is 5.91 Å². The largest absolute Gasteiger partial charge is 0.461 e. The molecule has 6 heteroatoms. The van der Waals surface area contributed by atoms with Crippen LogP contribution in [0, 0.1) is 5.92 Å². The molecule has 6 nitrogen and oxygen atoms in total. The van der Waals surface area contributed by atoms with E-state index in [1.807, 2.05) is 30.3 Å². The van der Waals surface area contributed by atoms with Crippen LogP contribution in [-0.2, 0) is 23.8 Å². The molecule has 1 N–H and O–H groups in total. The molecule has 1 heterocycles. The van der Waals surface area contributed by atoms with Gasteiger partial charge in [-0.15, -0.1) is 0 Å². The van der Waals surface area contributed by atoms with Gasteiger partial charge in [-0.25, -0.2) is 4.79 Å². The molecule has 1 saturated heterocycles. The third-order valence-electron chi connectivity index (χ3n) is 4.13. The molecule has 1 aromatic carbocycles. The molecule has 0 aliphatic carbocycles. The molecule has 0 bridgehead atoms. The molecule has 1 fully saturated rings. The Kier molecular flexibility index (Phi) is 7.17. The Morgan fingerprint density at radius 1 is 1.12 bits per heavy atom. The van der Waals surface area contributed by atoms with Crippen LogP contribution in [-0.4, -0.2) is 43.3 Å². The number of epoxide rings is 1. The van der Waals surface area contributed by atoms with Gasteiger partial charge in [0.15, 0.2) is 12.2 Å². The van der Waals surface area contributed by atoms with Crippen LogP contribution < -0.4 is 5.32 Å². The summed E-state index contributed by atoms with van der Waals surface area (Å²) in [4.78, 5) is 24.4. The topological polar surface area (TPSA) is 77.2 Å². The number of benzene rings is 1. The normalized spacial score (nSPS) is 21.3. The second-order valence-corrected chi connectivity index (χ2v) is 7.27. The van der Waals surface area contributed by atoms with Crippen LogP contribution in [0.2, 0.25) is 0 Å². The molecule has 1 aliphatic heterocycles. The zero-order chi connectivity index (χ0) is 19.3. The molecule has 0 saturated carbocycles. The predicted octanol–water partition coefficient (Wildman–Crippen LogP) is 2.62. The molecule has 0 radical (unpaired) electrons. The number of esters is 1. The molecular formula is C20H29NO5. The number of rotatable bonds is 9. The first-order valence-corrected chi connectivity index (χ1v) is 9.07. The molecule has 1 aromatic rings. The minimum atomic E-state index is -0.810. The fourth-order valence-corrected chi connectivity index (χ4v) is 3.00. The van der Waals surface area contributed by atoms with E-state index in [4.69, 9.17) is 14.2 Å². The summed E-state index contributed by atoms with van der Waals surface area (Å²) in [5.41, 5.74) is 0.994. The van der Waals surface area contributed by atoms with Gasteiger partial charge in [0.2, 0.25) is 0 Å². The number of amides is 1. The van der Waals surface area contributed by atoms with E-state index in [-0.39, 0.29) is 24.2 Å². The number of hydrogen-bond acceptors (Lipinski definition) is 5. The van der Waals surface area contributed by atoms with Gasteiger partial charge in [-0.3, -0.25) is 4.79 Å². The Balaban J connectivity index is 2.04. The van der Waals surface area contributed by atoms with Crippen molar-refractivity contribution in [3.63, 3.8) is 0 Å². The highest BCUT2D eigenvalue weighted by molar-refractivity contribution is 5.93. The van der Waals surface area contributed by atoms with Crippen LogP contribution in [0.4, 0.5) is 0 Å². The summed E-state index contributed by atoms with van der Waals surface area (Å²) < 4.78 is 16.0. The van der Waals surface area contributed by atoms with Crippen molar-refractivity contribution in [2.45, 2.75) is 64.6 Å². The first-order chi connectivity index (χ1) is 12.3. The maximum atomic E-state index is 12.6. The summed E-state index contributed by atoms with van der Waals surface area (Å²) in [6.45, 7) is 7.70. The fourth-order valence-electron chi connectivity index (χ4n) is 3.00. The van der Waals surface area contributed by atoms with Crippen LogP contribution in [0.25, 0.3) is 0 Å². The van der Waals surface area contributed by atoms with Gasteiger partial charge >= 0.3 is 5.97 Å². The van der Waals surface area contributed by atoms with Crippen molar-refractivity contribution in [1.29, 1.82) is 0 Å². The van der Waals surface area contributed by atoms with E-state index in [2.05, 4.69) is 19.2 Å². The Labute approximate surface area is 155 Å². The van der Waals surface area contributed by atoms with Crippen LogP contribution in [0.15, 0.2) is 30.3 Å². The Bertz CT molecular complexity index is 601. The van der Waals surface area contributed by atoms with Gasteiger partial charge in [0, 0.05) is 7.11 Å². The van der Waals surface area contributed by atoms with Crippen molar-refractivity contribution in [1.82, 2.24) is 5.32 Å². The number of hydrogen-bond donors (Lipinski definition) is 1. The van der Waals surface area contributed by atoms with E-state index >= 15 is 0 Å². The zero-order valence-corrected chi connectivity index (χ0v) is 16.1. The lowest BCUT2D eigenvalue weighted by molar-refractivity contribution is -0.149. The zero-order valence-electron chi connectivity index (χ0n) is 16.1. The third-order valence-corrected chi connectivity index (χ3v) is 4.13. The van der Waals surface area contributed by atoms with Crippen LogP contribution >= 0.6 is 0 Å². The van der Waals surface area contributed by atoms with Gasteiger partial charge in [-0.2, -0.15) is 0 Å². The molecule has 0 spiro atoms. The smallest absolute Gasteiger partial charge is 0.338 e. The second-order valence-electron chi connectivity index (χ2n) is 7.27. The summed E-state index contributed by atoms with van der Waals surface area (Å²) >= 11 is 0. The minimum Gasteiger partial charge on any atom is -0.461 e. The van der Waals surface area contributed by atoms with E-state index < -0.39 is 18.2 Å². The van der Waals surface area contributed by atoms with Crippen molar-refractivity contribution in [2.75, 3.05) is 7.11 Å². The fraction of sp³-hybridized carbons (Fsp3) is 0.600. The highest BCUT2D eigenvalue weighted by atomic mass is 16.6. The molecule has 1 aliphatic rings. The quantitative estimate of drug-likeness (QED) is 0.539. The number of methoxy groups -OCH3 is 1. The van der Waals surface area contributed by atoms with Crippen molar-refractivity contribution in [2.24, 2.45) is 5.92 Å². The number of carbonyl (C=O) groups is 2. The molecule has 0 aromatic heterocycles. The van der Waals surface area contributed by atoms with Crippen molar-refractivity contribution in [3.05, 3.63) is 35.9 Å². The maximum absolute atomic E-state index is 12.6. The van der Waals surface area contributed by atoms with E-state index in [0.717, 1.165) is 12.0 Å². The molecule has 144 valence electrons. The van der Waals surface area contributed by atoms with Crippen molar-refractivity contribution in [3.8, 4) is 0 Å². The van der Waals surface area contributed by atoms with Crippen LogP contribution in [0.5, 0.6) is 0 Å². The highest BCUT2D eigenvalue weighted by Crippen LogP contribution is 2.28. The van der Waals surface area contributed by atoms with Crippen LogP contribution in [0.1, 0.15) is 45.8 Å². The molecular weight excluding hydrogens is 334 g/mol. The third kappa shape index (κ3) is 5.54. The second kappa shape index (κ2) is 9.14. The van der Waals surface area contributed by atoms with E-state index in [9.17, 15) is 9.59 Å². The summed E-state index contributed by atoms with van der Waals surface area (Å²) in [5, 5.41) is 3.00. The first kappa shape index (κ1) is 20.4.